The van der Waals surface area contributed by atoms with Gasteiger partial charge in [-0.1, -0.05) is 13.8 Å². The predicted octanol–water partition coefficient (Wildman–Crippen LogP) is 5.05. The number of nitrogens with one attached hydrogen (secondary N) is 1. The molecule has 0 spiro atoms. The normalized spacial score (nSPS) is 15.2. The molecule has 0 saturated carbocycles. The number of aromatic nitrogens is 3. The summed E-state index contributed by atoms with van der Waals surface area (Å²) in [5.41, 5.74) is 2.67. The van der Waals surface area contributed by atoms with E-state index in [1.54, 1.807) is 12.1 Å². The lowest BCUT2D eigenvalue weighted by atomic mass is 10.0. The first-order valence-electron chi connectivity index (χ1n) is 10.2. The minimum atomic E-state index is -0.271. The minimum absolute atomic E-state index is 0.226. The van der Waals surface area contributed by atoms with Crippen LogP contribution in [-0.2, 0) is 0 Å². The van der Waals surface area contributed by atoms with E-state index >= 15 is 0 Å². The zero-order valence-electron chi connectivity index (χ0n) is 17.1. The topological polar surface area (TPSA) is 61.2 Å². The van der Waals surface area contributed by atoms with Gasteiger partial charge in [0.2, 0.25) is 5.95 Å². The molecule has 3 aromatic rings. The van der Waals surface area contributed by atoms with Gasteiger partial charge < -0.3 is 14.8 Å². The summed E-state index contributed by atoms with van der Waals surface area (Å²) in [6.45, 7) is 5.41. The molecule has 1 atom stereocenters. The molecule has 0 fully saturated rings. The highest BCUT2D eigenvalue weighted by Gasteiger charge is 2.26. The van der Waals surface area contributed by atoms with E-state index in [1.807, 2.05) is 22.9 Å². The van der Waals surface area contributed by atoms with Crippen LogP contribution in [-0.4, -0.2) is 28.0 Å². The van der Waals surface area contributed by atoms with Gasteiger partial charge in [-0.25, -0.2) is 9.07 Å². The van der Waals surface area contributed by atoms with Crippen LogP contribution in [0.15, 0.2) is 54.9 Å². The molecule has 0 amide bonds. The van der Waals surface area contributed by atoms with Crippen LogP contribution in [0.4, 0.5) is 10.3 Å². The molecule has 1 aromatic heterocycles. The summed E-state index contributed by atoms with van der Waals surface area (Å²) in [7, 11) is 0. The molecule has 2 aromatic carbocycles. The summed E-state index contributed by atoms with van der Waals surface area (Å²) < 4.78 is 27.1. The third kappa shape index (κ3) is 4.15. The van der Waals surface area contributed by atoms with Gasteiger partial charge in [-0.05, 0) is 60.9 Å². The number of ether oxygens (including phenoxy) is 2. The lowest BCUT2D eigenvalue weighted by Crippen LogP contribution is -2.21. The molecule has 0 aliphatic carbocycles. The van der Waals surface area contributed by atoms with Crippen LogP contribution in [0, 0.1) is 5.82 Å². The maximum Gasteiger partial charge on any atom is 0.226 e. The fraction of sp³-hybridized carbons (Fsp3) is 0.304. The fourth-order valence-corrected chi connectivity index (χ4v) is 3.36. The first-order valence-corrected chi connectivity index (χ1v) is 10.2. The second-order valence-corrected chi connectivity index (χ2v) is 7.08. The Kier molecular flexibility index (Phi) is 5.97. The maximum atomic E-state index is 13.4. The number of hydrogen-bond acceptors (Lipinski definition) is 5. The van der Waals surface area contributed by atoms with Gasteiger partial charge in [0.25, 0.3) is 0 Å². The molecule has 30 heavy (non-hydrogen) atoms. The first kappa shape index (κ1) is 19.9. The standard InChI is InChI=1S/C23H25FN4O2/c1-3-11-29-18-9-10-19(22(13-18)30-12-4-2)21-14-20(16-5-7-17(24)8-6-16)27-23-25-15-26-28(21)23/h5-10,13-15,21H,3-4,11-12H2,1-2H3,(H,25,26,27)/t21-/m0/s1. The summed E-state index contributed by atoms with van der Waals surface area (Å²) in [5.74, 6) is 1.89. The molecule has 1 aliphatic rings. The zero-order valence-corrected chi connectivity index (χ0v) is 17.1. The van der Waals surface area contributed by atoms with Gasteiger partial charge in [-0.3, -0.25) is 0 Å². The van der Waals surface area contributed by atoms with E-state index in [-0.39, 0.29) is 11.9 Å². The lowest BCUT2D eigenvalue weighted by molar-refractivity contribution is 0.298. The molecule has 0 bridgehead atoms. The second kappa shape index (κ2) is 8.98. The van der Waals surface area contributed by atoms with Crippen molar-refractivity contribution in [2.45, 2.75) is 32.7 Å². The number of benzene rings is 2. The molecular formula is C23H25FN4O2. The number of fused-ring (bicyclic) bond motifs is 1. The van der Waals surface area contributed by atoms with E-state index in [1.165, 1.54) is 18.5 Å². The average Bonchev–Trinajstić information content (AvgIpc) is 3.25. The van der Waals surface area contributed by atoms with Crippen LogP contribution in [0.25, 0.3) is 5.70 Å². The number of rotatable bonds is 8. The number of nitrogens with zero attached hydrogens (tertiary/aromatic N) is 3. The maximum absolute atomic E-state index is 13.4. The van der Waals surface area contributed by atoms with Gasteiger partial charge in [-0.15, -0.1) is 0 Å². The van der Waals surface area contributed by atoms with Crippen LogP contribution >= 0.6 is 0 Å². The van der Waals surface area contributed by atoms with Crippen LogP contribution in [0.1, 0.15) is 43.9 Å². The molecule has 7 heteroatoms. The van der Waals surface area contributed by atoms with Crippen molar-refractivity contribution in [3.8, 4) is 11.5 Å². The van der Waals surface area contributed by atoms with Gasteiger partial charge >= 0.3 is 0 Å². The van der Waals surface area contributed by atoms with Crippen LogP contribution < -0.4 is 14.8 Å². The lowest BCUT2D eigenvalue weighted by Gasteiger charge is -2.26. The third-order valence-electron chi connectivity index (χ3n) is 4.80. The molecule has 0 radical (unpaired) electrons. The third-order valence-corrected chi connectivity index (χ3v) is 4.80. The van der Waals surface area contributed by atoms with Gasteiger partial charge in [0.1, 0.15) is 29.7 Å². The van der Waals surface area contributed by atoms with Crippen LogP contribution in [0.3, 0.4) is 0 Å². The van der Waals surface area contributed by atoms with Crippen molar-refractivity contribution in [1.29, 1.82) is 0 Å². The molecule has 1 N–H and O–H groups in total. The fourth-order valence-electron chi connectivity index (χ4n) is 3.36. The monoisotopic (exact) mass is 408 g/mol. The van der Waals surface area contributed by atoms with E-state index in [0.29, 0.717) is 19.2 Å². The van der Waals surface area contributed by atoms with E-state index in [2.05, 4.69) is 35.3 Å². The van der Waals surface area contributed by atoms with Crippen molar-refractivity contribution in [2.24, 2.45) is 0 Å². The van der Waals surface area contributed by atoms with Crippen molar-refractivity contribution >= 4 is 11.6 Å². The van der Waals surface area contributed by atoms with Crippen LogP contribution in [0.5, 0.6) is 11.5 Å². The molecule has 2 heterocycles. The molecule has 6 nitrogen and oxygen atoms in total. The molecule has 156 valence electrons. The highest BCUT2D eigenvalue weighted by Crippen LogP contribution is 2.38. The number of hydrogen-bond donors (Lipinski definition) is 1. The zero-order chi connectivity index (χ0) is 20.9. The Hall–Kier alpha value is -3.35. The smallest absolute Gasteiger partial charge is 0.226 e. The van der Waals surface area contributed by atoms with Crippen molar-refractivity contribution in [2.75, 3.05) is 18.5 Å². The van der Waals surface area contributed by atoms with E-state index < -0.39 is 0 Å². The largest absolute Gasteiger partial charge is 0.493 e. The highest BCUT2D eigenvalue weighted by atomic mass is 19.1. The SMILES string of the molecule is CCCOc1ccc([C@@H]2C=C(c3ccc(F)cc3)Nc3ncnn32)c(OCCC)c1. The van der Waals surface area contributed by atoms with Crippen LogP contribution in [0.2, 0.25) is 0 Å². The van der Waals surface area contributed by atoms with Crippen molar-refractivity contribution in [3.63, 3.8) is 0 Å². The second-order valence-electron chi connectivity index (χ2n) is 7.08. The minimum Gasteiger partial charge on any atom is -0.493 e. The number of halogens is 1. The summed E-state index contributed by atoms with van der Waals surface area (Å²) in [5, 5.41) is 7.68. The van der Waals surface area contributed by atoms with Gasteiger partial charge in [-0.2, -0.15) is 10.1 Å². The highest BCUT2D eigenvalue weighted by molar-refractivity contribution is 5.77. The Balaban J connectivity index is 1.75. The Morgan fingerprint density at radius 3 is 2.57 bits per heavy atom. The number of anilines is 1. The summed E-state index contributed by atoms with van der Waals surface area (Å²) in [6, 6.07) is 12.1. The van der Waals surface area contributed by atoms with E-state index in [9.17, 15) is 4.39 Å². The van der Waals surface area contributed by atoms with Gasteiger partial charge in [0, 0.05) is 17.3 Å². The quantitative estimate of drug-likeness (QED) is 0.565. The Labute approximate surface area is 175 Å². The summed E-state index contributed by atoms with van der Waals surface area (Å²) in [6.07, 6.45) is 5.40. The molecular weight excluding hydrogens is 383 g/mol. The summed E-state index contributed by atoms with van der Waals surface area (Å²) >= 11 is 0. The van der Waals surface area contributed by atoms with Gasteiger partial charge in [0.15, 0.2) is 0 Å². The van der Waals surface area contributed by atoms with Crippen molar-refractivity contribution in [1.82, 2.24) is 14.8 Å². The van der Waals surface area contributed by atoms with E-state index in [4.69, 9.17) is 9.47 Å². The van der Waals surface area contributed by atoms with Crippen molar-refractivity contribution < 1.29 is 13.9 Å². The Morgan fingerprint density at radius 1 is 1.03 bits per heavy atom. The Morgan fingerprint density at radius 2 is 1.80 bits per heavy atom. The predicted molar refractivity (Wildman–Crippen MR) is 114 cm³/mol. The molecule has 1 aliphatic heterocycles. The molecule has 4 rings (SSSR count). The Bertz CT molecular complexity index is 1030. The first-order chi connectivity index (χ1) is 14.7. The summed E-state index contributed by atoms with van der Waals surface area (Å²) in [4.78, 5) is 4.34. The van der Waals surface area contributed by atoms with Gasteiger partial charge in [0.05, 0.1) is 13.2 Å². The average molecular weight is 408 g/mol. The molecule has 0 saturated heterocycles. The van der Waals surface area contributed by atoms with Crippen molar-refractivity contribution in [3.05, 3.63) is 71.8 Å². The molecule has 0 unspecified atom stereocenters. The van der Waals surface area contributed by atoms with E-state index in [0.717, 1.165) is 41.2 Å². The number of allylic oxidation sites excluding steroid dienone is 1.